The van der Waals surface area contributed by atoms with Crippen molar-refractivity contribution in [1.82, 2.24) is 0 Å². The SMILES string of the molecule is O=C(Cc1cccc2ccccc12)C1CC2CCC(C1)O2. The fraction of sp³-hybridized carbons (Fsp3) is 0.421. The first-order chi connectivity index (χ1) is 10.3. The molecule has 2 aliphatic heterocycles. The molecule has 4 rings (SSSR count). The van der Waals surface area contributed by atoms with E-state index >= 15 is 0 Å². The Labute approximate surface area is 125 Å². The standard InChI is InChI=1S/C19H20O2/c20-19(15-10-16-8-9-17(11-15)21-16)12-14-6-3-5-13-4-1-2-7-18(13)14/h1-7,15-17H,8-12H2. The number of hydrogen-bond acceptors (Lipinski definition) is 2. The molecule has 21 heavy (non-hydrogen) atoms. The smallest absolute Gasteiger partial charge is 0.140 e. The molecule has 0 amide bonds. The van der Waals surface area contributed by atoms with Crippen LogP contribution in [0.25, 0.3) is 10.8 Å². The maximum atomic E-state index is 12.7. The Balaban J connectivity index is 1.56. The third-order valence-electron chi connectivity index (χ3n) is 4.99. The summed E-state index contributed by atoms with van der Waals surface area (Å²) in [6, 6.07) is 14.6. The summed E-state index contributed by atoms with van der Waals surface area (Å²) in [5, 5.41) is 2.43. The summed E-state index contributed by atoms with van der Waals surface area (Å²) in [4.78, 5) is 12.7. The summed E-state index contributed by atoms with van der Waals surface area (Å²) in [7, 11) is 0. The van der Waals surface area contributed by atoms with Gasteiger partial charge in [-0.15, -0.1) is 0 Å². The molecule has 2 heterocycles. The second-order valence-electron chi connectivity index (χ2n) is 6.41. The predicted octanol–water partition coefficient (Wildman–Crippen LogP) is 3.91. The van der Waals surface area contributed by atoms with E-state index in [4.69, 9.17) is 4.74 Å². The zero-order chi connectivity index (χ0) is 14.2. The average molecular weight is 280 g/mol. The zero-order valence-corrected chi connectivity index (χ0v) is 12.1. The topological polar surface area (TPSA) is 26.3 Å². The monoisotopic (exact) mass is 280 g/mol. The second kappa shape index (κ2) is 5.27. The van der Waals surface area contributed by atoms with Crippen molar-refractivity contribution in [2.75, 3.05) is 0 Å². The van der Waals surface area contributed by atoms with Gasteiger partial charge in [0.15, 0.2) is 0 Å². The van der Waals surface area contributed by atoms with Crippen molar-refractivity contribution in [2.24, 2.45) is 5.92 Å². The average Bonchev–Trinajstić information content (AvgIpc) is 2.86. The lowest BCUT2D eigenvalue weighted by Crippen LogP contribution is -2.30. The van der Waals surface area contributed by atoms with Crippen molar-refractivity contribution < 1.29 is 9.53 Å². The van der Waals surface area contributed by atoms with Crippen LogP contribution in [0.15, 0.2) is 42.5 Å². The molecule has 2 heteroatoms. The quantitative estimate of drug-likeness (QED) is 0.852. The molecule has 0 aliphatic carbocycles. The van der Waals surface area contributed by atoms with E-state index in [0.717, 1.165) is 31.2 Å². The van der Waals surface area contributed by atoms with Crippen molar-refractivity contribution in [2.45, 2.75) is 44.3 Å². The van der Waals surface area contributed by atoms with Gasteiger partial charge in [-0.05, 0) is 42.0 Å². The summed E-state index contributed by atoms with van der Waals surface area (Å²) >= 11 is 0. The highest BCUT2D eigenvalue weighted by Gasteiger charge is 2.37. The van der Waals surface area contributed by atoms with Gasteiger partial charge >= 0.3 is 0 Å². The first-order valence-corrected chi connectivity index (χ1v) is 7.94. The molecule has 2 aromatic carbocycles. The molecule has 2 atom stereocenters. The van der Waals surface area contributed by atoms with Crippen LogP contribution in [0.5, 0.6) is 0 Å². The van der Waals surface area contributed by atoms with Gasteiger partial charge in [-0.3, -0.25) is 4.79 Å². The minimum absolute atomic E-state index is 0.204. The zero-order valence-electron chi connectivity index (χ0n) is 12.1. The molecule has 2 bridgehead atoms. The fourth-order valence-electron chi connectivity index (χ4n) is 3.90. The molecule has 2 saturated heterocycles. The van der Waals surface area contributed by atoms with Crippen molar-refractivity contribution in [3.8, 4) is 0 Å². The van der Waals surface area contributed by atoms with E-state index in [9.17, 15) is 4.79 Å². The van der Waals surface area contributed by atoms with Gasteiger partial charge in [0.1, 0.15) is 5.78 Å². The van der Waals surface area contributed by atoms with E-state index in [1.807, 2.05) is 12.1 Å². The van der Waals surface area contributed by atoms with Crippen LogP contribution in [-0.4, -0.2) is 18.0 Å². The predicted molar refractivity (Wildman–Crippen MR) is 83.3 cm³/mol. The van der Waals surface area contributed by atoms with Gasteiger partial charge in [0.25, 0.3) is 0 Å². The highest BCUT2D eigenvalue weighted by atomic mass is 16.5. The van der Waals surface area contributed by atoms with Crippen LogP contribution in [0.4, 0.5) is 0 Å². The largest absolute Gasteiger partial charge is 0.375 e. The molecular formula is C19H20O2. The minimum atomic E-state index is 0.204. The lowest BCUT2D eigenvalue weighted by Gasteiger charge is -2.27. The van der Waals surface area contributed by atoms with E-state index in [2.05, 4.69) is 30.3 Å². The molecule has 2 aromatic rings. The molecule has 108 valence electrons. The van der Waals surface area contributed by atoms with E-state index in [1.165, 1.54) is 10.8 Å². The molecule has 0 aromatic heterocycles. The third-order valence-corrected chi connectivity index (χ3v) is 4.99. The summed E-state index contributed by atoms with van der Waals surface area (Å²) in [5.74, 6) is 0.599. The van der Waals surface area contributed by atoms with Gasteiger partial charge in [-0.2, -0.15) is 0 Å². The van der Waals surface area contributed by atoms with Crippen molar-refractivity contribution in [3.63, 3.8) is 0 Å². The summed E-state index contributed by atoms with van der Waals surface area (Å²) < 4.78 is 5.85. The third kappa shape index (κ3) is 2.49. The van der Waals surface area contributed by atoms with Gasteiger partial charge in [-0.25, -0.2) is 0 Å². The molecule has 0 N–H and O–H groups in total. The Hall–Kier alpha value is -1.67. The molecule has 0 saturated carbocycles. The molecular weight excluding hydrogens is 260 g/mol. The first kappa shape index (κ1) is 13.0. The Kier molecular flexibility index (Phi) is 3.27. The van der Waals surface area contributed by atoms with Crippen LogP contribution in [0, 0.1) is 5.92 Å². The molecule has 2 unspecified atom stereocenters. The van der Waals surface area contributed by atoms with Crippen LogP contribution < -0.4 is 0 Å². The van der Waals surface area contributed by atoms with Crippen molar-refractivity contribution in [3.05, 3.63) is 48.0 Å². The summed E-state index contributed by atoms with van der Waals surface area (Å²) in [5.41, 5.74) is 1.16. The van der Waals surface area contributed by atoms with Crippen LogP contribution >= 0.6 is 0 Å². The Bertz CT molecular complexity index is 659. The number of ketones is 1. The second-order valence-corrected chi connectivity index (χ2v) is 6.41. The minimum Gasteiger partial charge on any atom is -0.375 e. The van der Waals surface area contributed by atoms with Gasteiger partial charge in [0.05, 0.1) is 12.2 Å². The molecule has 2 fully saturated rings. The number of fused-ring (bicyclic) bond motifs is 3. The lowest BCUT2D eigenvalue weighted by molar-refractivity contribution is -0.127. The molecule has 0 radical (unpaired) electrons. The maximum Gasteiger partial charge on any atom is 0.140 e. The Morgan fingerprint density at radius 2 is 1.71 bits per heavy atom. The first-order valence-electron chi connectivity index (χ1n) is 7.94. The van der Waals surface area contributed by atoms with Crippen LogP contribution in [-0.2, 0) is 16.0 Å². The van der Waals surface area contributed by atoms with Crippen LogP contribution in [0.1, 0.15) is 31.2 Å². The van der Waals surface area contributed by atoms with Crippen molar-refractivity contribution >= 4 is 16.6 Å². The Morgan fingerprint density at radius 3 is 2.52 bits per heavy atom. The number of ether oxygens (including phenoxy) is 1. The molecule has 2 aliphatic rings. The lowest BCUT2D eigenvalue weighted by atomic mass is 9.87. The van der Waals surface area contributed by atoms with Gasteiger partial charge in [-0.1, -0.05) is 42.5 Å². The van der Waals surface area contributed by atoms with Crippen LogP contribution in [0.3, 0.4) is 0 Å². The van der Waals surface area contributed by atoms with Crippen LogP contribution in [0.2, 0.25) is 0 Å². The number of Topliss-reactive ketones (excluding diaryl/α,β-unsaturated/α-hetero) is 1. The van der Waals surface area contributed by atoms with Gasteiger partial charge in [0.2, 0.25) is 0 Å². The number of rotatable bonds is 3. The van der Waals surface area contributed by atoms with E-state index < -0.39 is 0 Å². The van der Waals surface area contributed by atoms with E-state index in [1.54, 1.807) is 0 Å². The van der Waals surface area contributed by atoms with Crippen molar-refractivity contribution in [1.29, 1.82) is 0 Å². The normalized spacial score (nSPS) is 27.9. The molecule has 0 spiro atoms. The number of hydrogen-bond donors (Lipinski definition) is 0. The van der Waals surface area contributed by atoms with Gasteiger partial charge in [0, 0.05) is 12.3 Å². The fourth-order valence-corrected chi connectivity index (χ4v) is 3.90. The number of carbonyl (C=O) groups is 1. The van der Waals surface area contributed by atoms with Gasteiger partial charge < -0.3 is 4.74 Å². The highest BCUT2D eigenvalue weighted by molar-refractivity contribution is 5.91. The van der Waals surface area contributed by atoms with E-state index in [-0.39, 0.29) is 5.92 Å². The number of carbonyl (C=O) groups excluding carboxylic acids is 1. The molecule has 2 nitrogen and oxygen atoms in total. The highest BCUT2D eigenvalue weighted by Crippen LogP contribution is 2.36. The number of benzene rings is 2. The Morgan fingerprint density at radius 1 is 1.00 bits per heavy atom. The summed E-state index contributed by atoms with van der Waals surface area (Å²) in [6.45, 7) is 0. The maximum absolute atomic E-state index is 12.7. The van der Waals surface area contributed by atoms with E-state index in [0.29, 0.717) is 24.4 Å². The summed E-state index contributed by atoms with van der Waals surface area (Å²) in [6.07, 6.45) is 5.38.